The van der Waals surface area contributed by atoms with E-state index in [1.165, 1.54) is 25.3 Å². The normalized spacial score (nSPS) is 21.2. The van der Waals surface area contributed by atoms with Gasteiger partial charge in [0.1, 0.15) is 0 Å². The van der Waals surface area contributed by atoms with Gasteiger partial charge in [0, 0.05) is 25.6 Å². The van der Waals surface area contributed by atoms with Gasteiger partial charge in [0.25, 0.3) is 0 Å². The zero-order valence-electron chi connectivity index (χ0n) is 13.4. The maximum atomic E-state index is 12.3. The number of rotatable bonds is 6. The Hall–Kier alpha value is -1.32. The van der Waals surface area contributed by atoms with Crippen molar-refractivity contribution >= 4 is 11.8 Å². The smallest absolute Gasteiger partial charge is 0.245 e. The summed E-state index contributed by atoms with van der Waals surface area (Å²) in [6.45, 7) is 10.2. The van der Waals surface area contributed by atoms with Gasteiger partial charge in [0.05, 0.1) is 0 Å². The lowest BCUT2D eigenvalue weighted by Gasteiger charge is -2.31. The lowest BCUT2D eigenvalue weighted by molar-refractivity contribution is -0.132. The van der Waals surface area contributed by atoms with Gasteiger partial charge in [-0.1, -0.05) is 20.4 Å². The number of carbonyl (C=O) groups is 2. The molecule has 21 heavy (non-hydrogen) atoms. The molecule has 1 N–H and O–H groups in total. The Kier molecular flexibility index (Phi) is 5.07. The van der Waals surface area contributed by atoms with Crippen LogP contribution >= 0.6 is 0 Å². The first-order valence-corrected chi connectivity index (χ1v) is 8.15. The molecule has 0 bridgehead atoms. The first-order valence-electron chi connectivity index (χ1n) is 8.15. The first-order chi connectivity index (χ1) is 9.96. The number of hydrogen-bond donors (Lipinski definition) is 1. The van der Waals surface area contributed by atoms with E-state index < -0.39 is 0 Å². The van der Waals surface area contributed by atoms with E-state index in [1.807, 2.05) is 0 Å². The van der Waals surface area contributed by atoms with Crippen molar-refractivity contribution in [2.45, 2.75) is 46.0 Å². The first kappa shape index (κ1) is 16.1. The summed E-state index contributed by atoms with van der Waals surface area (Å²) in [6.07, 6.45) is 6.59. The fourth-order valence-corrected chi connectivity index (χ4v) is 3.41. The Morgan fingerprint density at radius 2 is 1.95 bits per heavy atom. The zero-order chi connectivity index (χ0) is 15.5. The number of hydrogen-bond acceptors (Lipinski definition) is 2. The molecule has 2 aliphatic rings. The van der Waals surface area contributed by atoms with Crippen LogP contribution in [0.4, 0.5) is 0 Å². The predicted octanol–water partition coefficient (Wildman–Crippen LogP) is 2.35. The van der Waals surface area contributed by atoms with E-state index >= 15 is 0 Å². The van der Waals surface area contributed by atoms with Gasteiger partial charge >= 0.3 is 0 Å². The molecule has 4 nitrogen and oxygen atoms in total. The van der Waals surface area contributed by atoms with Crippen molar-refractivity contribution < 1.29 is 9.59 Å². The molecule has 0 spiro atoms. The number of carbonyl (C=O) groups excluding carboxylic acids is 2. The minimum absolute atomic E-state index is 0.0253. The third-order valence-electron chi connectivity index (χ3n) is 4.79. The van der Waals surface area contributed by atoms with Gasteiger partial charge in [0.2, 0.25) is 11.8 Å². The van der Waals surface area contributed by atoms with Gasteiger partial charge in [-0.25, -0.2) is 0 Å². The third kappa shape index (κ3) is 4.32. The van der Waals surface area contributed by atoms with Crippen molar-refractivity contribution in [1.29, 1.82) is 0 Å². The van der Waals surface area contributed by atoms with Crippen LogP contribution < -0.4 is 5.32 Å². The molecule has 1 saturated heterocycles. The molecule has 0 aromatic heterocycles. The van der Waals surface area contributed by atoms with Crippen LogP contribution in [-0.2, 0) is 9.59 Å². The van der Waals surface area contributed by atoms with E-state index in [0.717, 1.165) is 19.4 Å². The van der Waals surface area contributed by atoms with Crippen LogP contribution in [0, 0.1) is 17.3 Å². The third-order valence-corrected chi connectivity index (χ3v) is 4.79. The summed E-state index contributed by atoms with van der Waals surface area (Å²) in [5, 5.41) is 3.16. The molecule has 1 aliphatic heterocycles. The number of nitrogens with zero attached hydrogens (tertiary/aromatic N) is 1. The molecule has 0 aromatic carbocycles. The summed E-state index contributed by atoms with van der Waals surface area (Å²) in [5.74, 6) is 0.907. The lowest BCUT2D eigenvalue weighted by Crippen LogP contribution is -2.43. The standard InChI is InChI=1S/C17H28N2O2/c1-4-15(20)19-9-5-14(6-10-19)16(21)18-12-17(7-8-17)11-13(2)3/h4,13-14H,1,5-12H2,2-3H3,(H,18,21). The van der Waals surface area contributed by atoms with E-state index in [4.69, 9.17) is 0 Å². The average Bonchev–Trinajstić information content (AvgIpc) is 3.23. The fourth-order valence-electron chi connectivity index (χ4n) is 3.41. The van der Waals surface area contributed by atoms with Crippen molar-refractivity contribution in [2.75, 3.05) is 19.6 Å². The van der Waals surface area contributed by atoms with E-state index in [9.17, 15) is 9.59 Å². The maximum Gasteiger partial charge on any atom is 0.245 e. The van der Waals surface area contributed by atoms with Crippen LogP contribution in [0.3, 0.4) is 0 Å². The molecule has 2 amide bonds. The molecule has 2 rings (SSSR count). The van der Waals surface area contributed by atoms with Crippen LogP contribution in [0.5, 0.6) is 0 Å². The van der Waals surface area contributed by atoms with Gasteiger partial charge in [-0.15, -0.1) is 0 Å². The number of nitrogens with one attached hydrogen (secondary N) is 1. The average molecular weight is 292 g/mol. The number of likely N-dealkylation sites (tertiary alicyclic amines) is 1. The second-order valence-electron chi connectivity index (χ2n) is 7.12. The van der Waals surface area contributed by atoms with Crippen molar-refractivity contribution in [3.8, 4) is 0 Å². The summed E-state index contributed by atoms with van der Waals surface area (Å²) in [5.41, 5.74) is 0.378. The van der Waals surface area contributed by atoms with E-state index in [2.05, 4.69) is 25.7 Å². The highest BCUT2D eigenvalue weighted by atomic mass is 16.2. The molecule has 118 valence electrons. The number of amides is 2. The molecule has 0 unspecified atom stereocenters. The van der Waals surface area contributed by atoms with Crippen LogP contribution in [-0.4, -0.2) is 36.3 Å². The molecule has 2 fully saturated rings. The van der Waals surface area contributed by atoms with Crippen molar-refractivity contribution in [3.63, 3.8) is 0 Å². The molecule has 0 radical (unpaired) electrons. The monoisotopic (exact) mass is 292 g/mol. The molecule has 4 heteroatoms. The van der Waals surface area contributed by atoms with Gasteiger partial charge in [-0.05, 0) is 49.5 Å². The van der Waals surface area contributed by atoms with E-state index in [-0.39, 0.29) is 17.7 Å². The Balaban J connectivity index is 1.73. The quantitative estimate of drug-likeness (QED) is 0.764. The molecule has 1 saturated carbocycles. The predicted molar refractivity (Wildman–Crippen MR) is 83.6 cm³/mol. The Labute approximate surface area is 128 Å². The van der Waals surface area contributed by atoms with E-state index in [0.29, 0.717) is 24.4 Å². The molecular weight excluding hydrogens is 264 g/mol. The second kappa shape index (κ2) is 6.63. The molecule has 1 aliphatic carbocycles. The van der Waals surface area contributed by atoms with Crippen LogP contribution in [0.25, 0.3) is 0 Å². The Bertz CT molecular complexity index is 405. The van der Waals surface area contributed by atoms with Crippen LogP contribution in [0.1, 0.15) is 46.0 Å². The molecule has 0 aromatic rings. The summed E-state index contributed by atoms with van der Waals surface area (Å²) < 4.78 is 0. The van der Waals surface area contributed by atoms with Gasteiger partial charge < -0.3 is 10.2 Å². The highest BCUT2D eigenvalue weighted by Crippen LogP contribution is 2.50. The van der Waals surface area contributed by atoms with Crippen LogP contribution in [0.15, 0.2) is 12.7 Å². The van der Waals surface area contributed by atoms with Gasteiger partial charge in [-0.2, -0.15) is 0 Å². The fraction of sp³-hybridized carbons (Fsp3) is 0.765. The lowest BCUT2D eigenvalue weighted by atomic mass is 9.92. The minimum atomic E-state index is -0.0253. The zero-order valence-corrected chi connectivity index (χ0v) is 13.4. The molecule has 0 atom stereocenters. The van der Waals surface area contributed by atoms with Gasteiger partial charge in [-0.3, -0.25) is 9.59 Å². The van der Waals surface area contributed by atoms with Crippen molar-refractivity contribution in [2.24, 2.45) is 17.3 Å². The van der Waals surface area contributed by atoms with Gasteiger partial charge in [0.15, 0.2) is 0 Å². The summed E-state index contributed by atoms with van der Waals surface area (Å²) >= 11 is 0. The Morgan fingerprint density at radius 1 is 1.33 bits per heavy atom. The van der Waals surface area contributed by atoms with Crippen LogP contribution in [0.2, 0.25) is 0 Å². The maximum absolute atomic E-state index is 12.3. The summed E-state index contributed by atoms with van der Waals surface area (Å²) in [7, 11) is 0. The molecule has 1 heterocycles. The number of piperidine rings is 1. The van der Waals surface area contributed by atoms with Crippen molar-refractivity contribution in [3.05, 3.63) is 12.7 Å². The van der Waals surface area contributed by atoms with Crippen molar-refractivity contribution in [1.82, 2.24) is 10.2 Å². The highest BCUT2D eigenvalue weighted by Gasteiger charge is 2.43. The largest absolute Gasteiger partial charge is 0.355 e. The minimum Gasteiger partial charge on any atom is -0.355 e. The van der Waals surface area contributed by atoms with E-state index in [1.54, 1.807) is 4.90 Å². The second-order valence-corrected chi connectivity index (χ2v) is 7.12. The summed E-state index contributed by atoms with van der Waals surface area (Å²) in [6, 6.07) is 0. The Morgan fingerprint density at radius 3 is 2.43 bits per heavy atom. The SMILES string of the molecule is C=CC(=O)N1CCC(C(=O)NCC2(CC(C)C)CC2)CC1. The topological polar surface area (TPSA) is 49.4 Å². The highest BCUT2D eigenvalue weighted by molar-refractivity contribution is 5.87. The summed E-state index contributed by atoms with van der Waals surface area (Å²) in [4.78, 5) is 25.6. The molecular formula is C17H28N2O2.